The summed E-state index contributed by atoms with van der Waals surface area (Å²) in [6, 6.07) is 10.0. The lowest BCUT2D eigenvalue weighted by Crippen LogP contribution is -2.14. The van der Waals surface area contributed by atoms with E-state index in [4.69, 9.17) is 0 Å². The van der Waals surface area contributed by atoms with E-state index in [0.717, 1.165) is 27.3 Å². The molecular weight excluding hydrogens is 354 g/mol. The first-order valence-corrected chi connectivity index (χ1v) is 9.95. The lowest BCUT2D eigenvalue weighted by atomic mass is 10.3. The van der Waals surface area contributed by atoms with Gasteiger partial charge in [-0.2, -0.15) is 0 Å². The molecule has 2 heterocycles. The number of amides is 1. The van der Waals surface area contributed by atoms with E-state index >= 15 is 0 Å². The van der Waals surface area contributed by atoms with Gasteiger partial charge in [0.2, 0.25) is 5.91 Å². The summed E-state index contributed by atoms with van der Waals surface area (Å²) >= 11 is 3.16. The van der Waals surface area contributed by atoms with Crippen LogP contribution in [-0.4, -0.2) is 25.7 Å². The minimum atomic E-state index is -0.0479. The van der Waals surface area contributed by atoms with Crippen molar-refractivity contribution in [3.05, 3.63) is 52.7 Å². The molecule has 0 saturated heterocycles. The Labute approximate surface area is 153 Å². The Kier molecular flexibility index (Phi) is 4.80. The third kappa shape index (κ3) is 4.26. The molecule has 3 aromatic rings. The predicted molar refractivity (Wildman–Crippen MR) is 98.7 cm³/mol. The second kappa shape index (κ2) is 7.37. The summed E-state index contributed by atoms with van der Waals surface area (Å²) in [5.41, 5.74) is 1.78. The van der Waals surface area contributed by atoms with Crippen LogP contribution in [0.3, 0.4) is 0 Å². The summed E-state index contributed by atoms with van der Waals surface area (Å²) < 4.78 is 2.14. The summed E-state index contributed by atoms with van der Waals surface area (Å²) in [4.78, 5) is 16.7. The maximum Gasteiger partial charge on any atom is 0.231 e. The van der Waals surface area contributed by atoms with Gasteiger partial charge < -0.3 is 9.88 Å². The molecule has 2 aromatic heterocycles. The summed E-state index contributed by atoms with van der Waals surface area (Å²) in [6.45, 7) is 0. The standard InChI is InChI=1S/C17H17N5OS2/c23-15(19-12-4-2-1-3-5-12)8-16-20-13(9-24-16)10-25-17-21-18-11-22(17)14-6-7-14/h1-5,9,11,14H,6-8,10H2,(H,19,23). The summed E-state index contributed by atoms with van der Waals surface area (Å²) in [6.07, 6.45) is 4.52. The highest BCUT2D eigenvalue weighted by Crippen LogP contribution is 2.37. The molecule has 0 bridgehead atoms. The van der Waals surface area contributed by atoms with Crippen molar-refractivity contribution in [1.82, 2.24) is 19.7 Å². The fraction of sp³-hybridized carbons (Fsp3) is 0.294. The Morgan fingerprint density at radius 1 is 1.32 bits per heavy atom. The fourth-order valence-electron chi connectivity index (χ4n) is 2.44. The fourth-order valence-corrected chi connectivity index (χ4v) is 4.21. The number of anilines is 1. The molecule has 1 amide bonds. The molecule has 1 N–H and O–H groups in total. The number of carbonyl (C=O) groups excluding carboxylic acids is 1. The molecule has 0 atom stereocenters. The molecule has 0 aliphatic heterocycles. The maximum absolute atomic E-state index is 12.1. The van der Waals surface area contributed by atoms with Crippen molar-refractivity contribution in [2.24, 2.45) is 0 Å². The summed E-state index contributed by atoms with van der Waals surface area (Å²) in [5, 5.41) is 14.8. The first kappa shape index (κ1) is 16.3. The number of carbonyl (C=O) groups is 1. The summed E-state index contributed by atoms with van der Waals surface area (Å²) in [7, 11) is 0. The van der Waals surface area contributed by atoms with Crippen LogP contribution in [0.4, 0.5) is 5.69 Å². The van der Waals surface area contributed by atoms with Crippen LogP contribution in [0.2, 0.25) is 0 Å². The first-order chi connectivity index (χ1) is 12.3. The van der Waals surface area contributed by atoms with Crippen molar-refractivity contribution in [2.75, 3.05) is 5.32 Å². The van der Waals surface area contributed by atoms with Crippen LogP contribution in [0.1, 0.15) is 29.6 Å². The highest BCUT2D eigenvalue weighted by atomic mass is 32.2. The number of hydrogen-bond acceptors (Lipinski definition) is 6. The van der Waals surface area contributed by atoms with E-state index in [9.17, 15) is 4.79 Å². The van der Waals surface area contributed by atoms with Gasteiger partial charge >= 0.3 is 0 Å². The Hall–Kier alpha value is -2.19. The first-order valence-electron chi connectivity index (χ1n) is 8.08. The van der Waals surface area contributed by atoms with E-state index in [1.54, 1.807) is 18.1 Å². The van der Waals surface area contributed by atoms with Crippen molar-refractivity contribution >= 4 is 34.7 Å². The van der Waals surface area contributed by atoms with Crippen molar-refractivity contribution in [3.63, 3.8) is 0 Å². The van der Waals surface area contributed by atoms with E-state index < -0.39 is 0 Å². The highest BCUT2D eigenvalue weighted by Gasteiger charge is 2.26. The summed E-state index contributed by atoms with van der Waals surface area (Å²) in [5.74, 6) is 0.690. The van der Waals surface area contributed by atoms with Crippen LogP contribution in [0.5, 0.6) is 0 Å². The molecule has 0 spiro atoms. The van der Waals surface area contributed by atoms with Crippen molar-refractivity contribution < 1.29 is 4.79 Å². The van der Waals surface area contributed by atoms with E-state index in [1.165, 1.54) is 24.2 Å². The molecule has 1 saturated carbocycles. The quantitative estimate of drug-likeness (QED) is 0.643. The number of nitrogens with one attached hydrogen (secondary N) is 1. The van der Waals surface area contributed by atoms with Gasteiger partial charge in [-0.15, -0.1) is 21.5 Å². The molecule has 1 aliphatic carbocycles. The highest BCUT2D eigenvalue weighted by molar-refractivity contribution is 7.98. The topological polar surface area (TPSA) is 72.7 Å². The number of para-hydroxylation sites is 1. The van der Waals surface area contributed by atoms with Gasteiger partial charge in [-0.25, -0.2) is 4.98 Å². The van der Waals surface area contributed by atoms with Crippen molar-refractivity contribution in [1.29, 1.82) is 0 Å². The average Bonchev–Trinajstić information content (AvgIpc) is 3.18. The number of thioether (sulfide) groups is 1. The molecule has 6 nitrogen and oxygen atoms in total. The third-order valence-electron chi connectivity index (χ3n) is 3.80. The number of thiazole rings is 1. The van der Waals surface area contributed by atoms with Gasteiger partial charge in [0.05, 0.1) is 12.1 Å². The van der Waals surface area contributed by atoms with Gasteiger partial charge in [0.1, 0.15) is 11.3 Å². The molecular formula is C17H17N5OS2. The van der Waals surface area contributed by atoms with E-state index in [2.05, 4.69) is 25.1 Å². The van der Waals surface area contributed by atoms with Gasteiger partial charge in [0.15, 0.2) is 5.16 Å². The van der Waals surface area contributed by atoms with Gasteiger partial charge in [0.25, 0.3) is 0 Å². The van der Waals surface area contributed by atoms with E-state index in [-0.39, 0.29) is 5.91 Å². The number of benzene rings is 1. The van der Waals surface area contributed by atoms with Crippen LogP contribution in [0, 0.1) is 0 Å². The van der Waals surface area contributed by atoms with Crippen molar-refractivity contribution in [2.45, 2.75) is 36.2 Å². The lowest BCUT2D eigenvalue weighted by molar-refractivity contribution is -0.115. The normalized spacial score (nSPS) is 13.8. The largest absolute Gasteiger partial charge is 0.326 e. The van der Waals surface area contributed by atoms with Gasteiger partial charge in [-0.1, -0.05) is 30.0 Å². The second-order valence-corrected chi connectivity index (χ2v) is 7.75. The van der Waals surface area contributed by atoms with Gasteiger partial charge in [-0.05, 0) is 25.0 Å². The number of hydrogen-bond donors (Lipinski definition) is 1. The number of nitrogens with zero attached hydrogens (tertiary/aromatic N) is 4. The monoisotopic (exact) mass is 371 g/mol. The molecule has 8 heteroatoms. The smallest absolute Gasteiger partial charge is 0.231 e. The molecule has 128 valence electrons. The van der Waals surface area contributed by atoms with Crippen LogP contribution in [-0.2, 0) is 17.0 Å². The zero-order valence-corrected chi connectivity index (χ0v) is 15.1. The third-order valence-corrected chi connectivity index (χ3v) is 5.69. The predicted octanol–water partition coefficient (Wildman–Crippen LogP) is 3.54. The van der Waals surface area contributed by atoms with Crippen LogP contribution in [0.15, 0.2) is 47.2 Å². The Bertz CT molecular complexity index is 857. The Morgan fingerprint density at radius 2 is 2.16 bits per heavy atom. The van der Waals surface area contributed by atoms with Crippen LogP contribution < -0.4 is 5.32 Å². The van der Waals surface area contributed by atoms with Crippen LogP contribution >= 0.6 is 23.1 Å². The average molecular weight is 371 g/mol. The number of rotatable bonds is 7. The minimum Gasteiger partial charge on any atom is -0.326 e. The lowest BCUT2D eigenvalue weighted by Gasteiger charge is -2.03. The Morgan fingerprint density at radius 3 is 2.96 bits per heavy atom. The molecule has 1 aromatic carbocycles. The second-order valence-electron chi connectivity index (χ2n) is 5.86. The molecule has 1 aliphatic rings. The minimum absolute atomic E-state index is 0.0479. The number of aromatic nitrogens is 4. The molecule has 25 heavy (non-hydrogen) atoms. The Balaban J connectivity index is 1.31. The molecule has 0 radical (unpaired) electrons. The SMILES string of the molecule is O=C(Cc1nc(CSc2nncn2C2CC2)cs1)Nc1ccccc1. The zero-order valence-electron chi connectivity index (χ0n) is 13.5. The van der Waals surface area contributed by atoms with Gasteiger partial charge in [-0.3, -0.25) is 4.79 Å². The van der Waals surface area contributed by atoms with Gasteiger partial charge in [0, 0.05) is 22.9 Å². The molecule has 4 rings (SSSR count). The maximum atomic E-state index is 12.1. The molecule has 0 unspecified atom stereocenters. The van der Waals surface area contributed by atoms with Crippen molar-refractivity contribution in [3.8, 4) is 0 Å². The van der Waals surface area contributed by atoms with E-state index in [1.807, 2.05) is 35.7 Å². The van der Waals surface area contributed by atoms with E-state index in [0.29, 0.717) is 12.5 Å². The van der Waals surface area contributed by atoms with Crippen LogP contribution in [0.25, 0.3) is 0 Å². The zero-order chi connectivity index (χ0) is 17.1. The molecule has 1 fully saturated rings.